The number of ether oxygens (including phenoxy) is 1. The Morgan fingerprint density at radius 1 is 0.829 bits per heavy atom. The van der Waals surface area contributed by atoms with Crippen LogP contribution in [0, 0.1) is 0 Å². The summed E-state index contributed by atoms with van der Waals surface area (Å²) in [6, 6.07) is 19.3. The third-order valence-corrected chi connectivity index (χ3v) is 6.56. The number of rotatable bonds is 4. The molecule has 0 spiro atoms. The molecule has 1 saturated heterocycles. The van der Waals surface area contributed by atoms with Gasteiger partial charge in [-0.1, -0.05) is 24.3 Å². The highest BCUT2D eigenvalue weighted by molar-refractivity contribution is 6.05. The number of fused-ring (bicyclic) bond motifs is 1. The largest absolute Gasteiger partial charge is 0.418 e. The smallest absolute Gasteiger partial charge is 0.378 e. The van der Waals surface area contributed by atoms with Gasteiger partial charge in [-0.2, -0.15) is 13.2 Å². The van der Waals surface area contributed by atoms with E-state index in [0.29, 0.717) is 37.6 Å². The van der Waals surface area contributed by atoms with E-state index in [0.717, 1.165) is 31.3 Å². The van der Waals surface area contributed by atoms with E-state index in [1.54, 1.807) is 18.2 Å². The van der Waals surface area contributed by atoms with Crippen LogP contribution in [0.5, 0.6) is 0 Å². The van der Waals surface area contributed by atoms with Crippen LogP contribution in [-0.2, 0) is 23.9 Å². The van der Waals surface area contributed by atoms with Gasteiger partial charge in [0.2, 0.25) is 0 Å². The molecule has 0 aliphatic carbocycles. The number of hydrogen-bond acceptors (Lipinski definition) is 4. The summed E-state index contributed by atoms with van der Waals surface area (Å²) >= 11 is 0. The number of nitrogens with zero attached hydrogens (tertiary/aromatic N) is 2. The summed E-state index contributed by atoms with van der Waals surface area (Å²) < 4.78 is 46.7. The first-order chi connectivity index (χ1) is 16.9. The van der Waals surface area contributed by atoms with Crippen LogP contribution in [0.3, 0.4) is 0 Å². The molecule has 3 aromatic carbocycles. The molecular weight excluding hydrogens is 455 g/mol. The molecule has 0 unspecified atom stereocenters. The van der Waals surface area contributed by atoms with Crippen molar-refractivity contribution in [3.05, 3.63) is 89.0 Å². The second kappa shape index (κ2) is 9.62. The topological polar surface area (TPSA) is 44.8 Å². The molecule has 35 heavy (non-hydrogen) atoms. The van der Waals surface area contributed by atoms with Gasteiger partial charge in [0.1, 0.15) is 0 Å². The van der Waals surface area contributed by atoms with Crippen molar-refractivity contribution in [3.8, 4) is 0 Å². The maximum atomic E-state index is 13.8. The Kier molecular flexibility index (Phi) is 6.38. The van der Waals surface area contributed by atoms with Gasteiger partial charge in [-0.25, -0.2) is 0 Å². The Labute approximate surface area is 202 Å². The van der Waals surface area contributed by atoms with Crippen molar-refractivity contribution in [2.45, 2.75) is 19.1 Å². The number of carbonyl (C=O) groups excluding carboxylic acids is 1. The standard InChI is InChI=1S/C27H26F3N3O2/c28-27(29,30)24-17-23(32-13-15-35-16-14-32)9-10-25(24)31-26(34)20-5-7-22(8-6-20)33-12-11-19-3-1-2-4-21(19)18-33/h1-10,17H,11-16,18H2,(H,31,34). The number of nitrogens with one attached hydrogen (secondary N) is 1. The number of morpholine rings is 1. The van der Waals surface area contributed by atoms with Crippen LogP contribution in [0.4, 0.5) is 30.2 Å². The predicted octanol–water partition coefficient (Wildman–Crippen LogP) is 5.36. The maximum Gasteiger partial charge on any atom is 0.418 e. The second-order valence-electron chi connectivity index (χ2n) is 8.77. The Bertz CT molecular complexity index is 1210. The van der Waals surface area contributed by atoms with Crippen molar-refractivity contribution < 1.29 is 22.7 Å². The summed E-state index contributed by atoms with van der Waals surface area (Å²) in [5.74, 6) is -0.579. The highest BCUT2D eigenvalue weighted by Gasteiger charge is 2.35. The van der Waals surface area contributed by atoms with Crippen LogP contribution < -0.4 is 15.1 Å². The third-order valence-electron chi connectivity index (χ3n) is 6.56. The molecule has 3 aromatic rings. The molecule has 1 fully saturated rings. The molecule has 2 aliphatic heterocycles. The molecule has 0 saturated carbocycles. The van der Waals surface area contributed by atoms with E-state index in [1.807, 2.05) is 29.2 Å². The Morgan fingerprint density at radius 3 is 2.23 bits per heavy atom. The molecule has 0 atom stereocenters. The summed E-state index contributed by atoms with van der Waals surface area (Å²) in [5.41, 5.74) is 3.25. The van der Waals surface area contributed by atoms with Gasteiger partial charge in [0, 0.05) is 43.1 Å². The number of halogens is 3. The maximum absolute atomic E-state index is 13.8. The fourth-order valence-electron chi connectivity index (χ4n) is 4.63. The molecule has 182 valence electrons. The van der Waals surface area contributed by atoms with Gasteiger partial charge in [-0.15, -0.1) is 0 Å². The SMILES string of the molecule is O=C(Nc1ccc(N2CCOCC2)cc1C(F)(F)F)c1ccc(N2CCc3ccccc3C2)cc1. The van der Waals surface area contributed by atoms with Crippen LogP contribution in [0.25, 0.3) is 0 Å². The van der Waals surface area contributed by atoms with Gasteiger partial charge in [0.15, 0.2) is 0 Å². The van der Waals surface area contributed by atoms with Crippen molar-refractivity contribution in [1.82, 2.24) is 0 Å². The normalized spacial score (nSPS) is 16.1. The highest BCUT2D eigenvalue weighted by atomic mass is 19.4. The number of hydrogen-bond donors (Lipinski definition) is 1. The van der Waals surface area contributed by atoms with Crippen LogP contribution in [0.2, 0.25) is 0 Å². The quantitative estimate of drug-likeness (QED) is 0.545. The molecule has 1 N–H and O–H groups in total. The average Bonchev–Trinajstić information content (AvgIpc) is 2.88. The lowest BCUT2D eigenvalue weighted by Crippen LogP contribution is -2.36. The fraction of sp³-hybridized carbons (Fsp3) is 0.296. The minimum absolute atomic E-state index is 0.253. The van der Waals surface area contributed by atoms with E-state index in [2.05, 4.69) is 22.3 Å². The lowest BCUT2D eigenvalue weighted by molar-refractivity contribution is -0.136. The Hall–Kier alpha value is -3.52. The summed E-state index contributed by atoms with van der Waals surface area (Å²) in [5, 5.41) is 2.46. The third kappa shape index (κ3) is 5.12. The molecule has 0 bridgehead atoms. The number of alkyl halides is 3. The number of carbonyl (C=O) groups is 1. The van der Waals surface area contributed by atoms with Gasteiger partial charge in [-0.3, -0.25) is 4.79 Å². The Morgan fingerprint density at radius 2 is 1.51 bits per heavy atom. The molecule has 0 radical (unpaired) electrons. The zero-order valence-electron chi connectivity index (χ0n) is 19.1. The van der Waals surface area contributed by atoms with Crippen LogP contribution in [0.15, 0.2) is 66.7 Å². The number of amides is 1. The minimum Gasteiger partial charge on any atom is -0.378 e. The molecule has 5 rings (SSSR count). The van der Waals surface area contributed by atoms with Crippen LogP contribution in [-0.4, -0.2) is 38.8 Å². The monoisotopic (exact) mass is 481 g/mol. The summed E-state index contributed by atoms with van der Waals surface area (Å²) in [7, 11) is 0. The van der Waals surface area contributed by atoms with Crippen molar-refractivity contribution in [2.75, 3.05) is 48.0 Å². The molecular formula is C27H26F3N3O2. The second-order valence-corrected chi connectivity index (χ2v) is 8.77. The first-order valence-corrected chi connectivity index (χ1v) is 11.7. The predicted molar refractivity (Wildman–Crippen MR) is 130 cm³/mol. The summed E-state index contributed by atoms with van der Waals surface area (Å²) in [6.45, 7) is 3.65. The lowest BCUT2D eigenvalue weighted by atomic mass is 9.99. The van der Waals surface area contributed by atoms with E-state index >= 15 is 0 Å². The van der Waals surface area contributed by atoms with Crippen molar-refractivity contribution >= 4 is 23.0 Å². The highest BCUT2D eigenvalue weighted by Crippen LogP contribution is 2.38. The molecule has 2 heterocycles. The van der Waals surface area contributed by atoms with Crippen molar-refractivity contribution in [1.29, 1.82) is 0 Å². The van der Waals surface area contributed by atoms with Gasteiger partial charge < -0.3 is 19.9 Å². The zero-order chi connectivity index (χ0) is 24.4. The molecule has 5 nitrogen and oxygen atoms in total. The van der Waals surface area contributed by atoms with Crippen LogP contribution in [0.1, 0.15) is 27.0 Å². The molecule has 1 amide bonds. The summed E-state index contributed by atoms with van der Waals surface area (Å²) in [6.07, 6.45) is -3.65. The first kappa shape index (κ1) is 23.2. The Balaban J connectivity index is 1.31. The number of benzene rings is 3. The molecule has 0 aromatic heterocycles. The van der Waals surface area contributed by atoms with Gasteiger partial charge in [0.05, 0.1) is 24.5 Å². The van der Waals surface area contributed by atoms with Gasteiger partial charge in [-0.05, 0) is 60.0 Å². The lowest BCUT2D eigenvalue weighted by Gasteiger charge is -2.30. The fourth-order valence-corrected chi connectivity index (χ4v) is 4.63. The van der Waals surface area contributed by atoms with E-state index in [1.165, 1.54) is 17.2 Å². The van der Waals surface area contributed by atoms with Gasteiger partial charge >= 0.3 is 6.18 Å². The number of anilines is 3. The zero-order valence-corrected chi connectivity index (χ0v) is 19.1. The summed E-state index contributed by atoms with van der Waals surface area (Å²) in [4.78, 5) is 16.9. The first-order valence-electron chi connectivity index (χ1n) is 11.7. The van der Waals surface area contributed by atoms with E-state index in [-0.39, 0.29) is 5.69 Å². The van der Waals surface area contributed by atoms with Crippen LogP contribution >= 0.6 is 0 Å². The van der Waals surface area contributed by atoms with E-state index in [9.17, 15) is 18.0 Å². The van der Waals surface area contributed by atoms with Crippen molar-refractivity contribution in [2.24, 2.45) is 0 Å². The minimum atomic E-state index is -4.60. The average molecular weight is 482 g/mol. The molecule has 2 aliphatic rings. The van der Waals surface area contributed by atoms with E-state index < -0.39 is 17.6 Å². The van der Waals surface area contributed by atoms with E-state index in [4.69, 9.17) is 4.74 Å². The molecule has 8 heteroatoms. The van der Waals surface area contributed by atoms with Gasteiger partial charge in [0.25, 0.3) is 5.91 Å². The van der Waals surface area contributed by atoms with Crippen molar-refractivity contribution in [3.63, 3.8) is 0 Å².